The van der Waals surface area contributed by atoms with Crippen LogP contribution in [0.25, 0.3) is 0 Å². The molecule has 0 bridgehead atoms. The molecule has 1 aromatic carbocycles. The average molecular weight is 585 g/mol. The van der Waals surface area contributed by atoms with E-state index in [9.17, 15) is 18.6 Å². The number of rotatable bonds is 8. The quantitative estimate of drug-likeness (QED) is 0.326. The van der Waals surface area contributed by atoms with E-state index in [1.54, 1.807) is 29.8 Å². The Morgan fingerprint density at radius 3 is 2.44 bits per heavy atom. The zero-order chi connectivity index (χ0) is 28.9. The zero-order valence-corrected chi connectivity index (χ0v) is 26.1. The Labute approximate surface area is 248 Å². The van der Waals surface area contributed by atoms with Gasteiger partial charge in [-0.05, 0) is 137 Å². The molecule has 6 rings (SSSR count). The van der Waals surface area contributed by atoms with E-state index < -0.39 is 26.3 Å². The van der Waals surface area contributed by atoms with Crippen molar-refractivity contribution in [2.75, 3.05) is 13.2 Å². The number of ether oxygens (including phenoxy) is 1. The molecule has 4 aliphatic carbocycles. The van der Waals surface area contributed by atoms with Crippen LogP contribution in [0.5, 0.6) is 0 Å². The number of fused-ring (bicyclic) bond motifs is 5. The van der Waals surface area contributed by atoms with Gasteiger partial charge in [0, 0.05) is 13.2 Å². The van der Waals surface area contributed by atoms with Crippen LogP contribution in [-0.4, -0.2) is 48.3 Å². The van der Waals surface area contributed by atoms with Gasteiger partial charge in [0.05, 0.1) is 21.3 Å². The summed E-state index contributed by atoms with van der Waals surface area (Å²) >= 11 is 0. The molecule has 3 saturated carbocycles. The predicted molar refractivity (Wildman–Crippen MR) is 162 cm³/mol. The van der Waals surface area contributed by atoms with Crippen molar-refractivity contribution in [1.29, 1.82) is 0 Å². The van der Waals surface area contributed by atoms with Gasteiger partial charge in [-0.3, -0.25) is 0 Å². The molecule has 1 saturated heterocycles. The van der Waals surface area contributed by atoms with E-state index in [-0.39, 0.29) is 5.41 Å². The van der Waals surface area contributed by atoms with Crippen LogP contribution in [0.2, 0.25) is 0 Å². The lowest BCUT2D eigenvalue weighted by molar-refractivity contribution is -0.0690. The van der Waals surface area contributed by atoms with Crippen molar-refractivity contribution in [2.45, 2.75) is 125 Å². The Kier molecular flexibility index (Phi) is 8.28. The van der Waals surface area contributed by atoms with E-state index in [4.69, 9.17) is 4.74 Å². The van der Waals surface area contributed by atoms with Gasteiger partial charge in [0.1, 0.15) is 0 Å². The molecule has 0 radical (unpaired) electrons. The summed E-state index contributed by atoms with van der Waals surface area (Å²) in [6, 6.07) is 8.88. The van der Waals surface area contributed by atoms with Crippen molar-refractivity contribution < 1.29 is 23.4 Å². The monoisotopic (exact) mass is 584 g/mol. The summed E-state index contributed by atoms with van der Waals surface area (Å²) in [7, 11) is -3.55. The summed E-state index contributed by atoms with van der Waals surface area (Å²) in [6.07, 6.45) is 15.3. The molecule has 228 valence electrons. The molecule has 4 fully saturated rings. The van der Waals surface area contributed by atoms with Crippen LogP contribution in [0.15, 0.2) is 46.9 Å². The molecule has 7 unspecified atom stereocenters. The van der Waals surface area contributed by atoms with Crippen molar-refractivity contribution >= 4 is 9.84 Å². The molecule has 1 aliphatic heterocycles. The van der Waals surface area contributed by atoms with Gasteiger partial charge in [-0.15, -0.1) is 0 Å². The fourth-order valence-electron chi connectivity index (χ4n) is 10.2. The topological polar surface area (TPSA) is 83.8 Å². The van der Waals surface area contributed by atoms with E-state index in [0.717, 1.165) is 50.4 Å². The van der Waals surface area contributed by atoms with Crippen LogP contribution >= 0.6 is 0 Å². The van der Waals surface area contributed by atoms with E-state index in [2.05, 4.69) is 19.9 Å². The van der Waals surface area contributed by atoms with Gasteiger partial charge in [-0.25, -0.2) is 8.42 Å². The highest BCUT2D eigenvalue weighted by atomic mass is 32.2. The van der Waals surface area contributed by atoms with Gasteiger partial charge in [-0.2, -0.15) is 0 Å². The lowest BCUT2D eigenvalue weighted by Gasteiger charge is -2.54. The van der Waals surface area contributed by atoms with Crippen LogP contribution in [0.1, 0.15) is 104 Å². The van der Waals surface area contributed by atoms with Crippen LogP contribution in [0, 0.1) is 35.0 Å². The van der Waals surface area contributed by atoms with Crippen LogP contribution in [-0.2, 0) is 14.6 Å². The van der Waals surface area contributed by atoms with Crippen LogP contribution in [0.3, 0.4) is 0 Å². The first-order chi connectivity index (χ1) is 19.6. The second-order valence-corrected chi connectivity index (χ2v) is 17.0. The van der Waals surface area contributed by atoms with Gasteiger partial charge < -0.3 is 14.9 Å². The Hall–Kier alpha value is -1.21. The fourth-order valence-corrected chi connectivity index (χ4v) is 12.1. The molecular weight excluding hydrogens is 532 g/mol. The molecule has 5 aliphatic rings. The maximum Gasteiger partial charge on any atom is 0.181 e. The first-order valence-electron chi connectivity index (χ1n) is 16.6. The van der Waals surface area contributed by atoms with Crippen molar-refractivity contribution in [3.05, 3.63) is 42.0 Å². The number of sulfone groups is 1. The number of aliphatic hydroxyl groups is 2. The molecule has 41 heavy (non-hydrogen) atoms. The maximum absolute atomic E-state index is 13.9. The summed E-state index contributed by atoms with van der Waals surface area (Å²) < 4.78 is 33.4. The molecule has 1 heterocycles. The van der Waals surface area contributed by atoms with Gasteiger partial charge in [0.15, 0.2) is 9.84 Å². The summed E-state index contributed by atoms with van der Waals surface area (Å²) in [5.74, 6) is 3.38. The van der Waals surface area contributed by atoms with Crippen molar-refractivity contribution in [3.8, 4) is 0 Å². The molecule has 8 atom stereocenters. The minimum Gasteiger partial charge on any atom is -0.390 e. The number of hydrogen-bond donors (Lipinski definition) is 2. The summed E-state index contributed by atoms with van der Waals surface area (Å²) in [4.78, 5) is 0.379. The van der Waals surface area contributed by atoms with E-state index >= 15 is 0 Å². The maximum atomic E-state index is 13.9. The third kappa shape index (κ3) is 5.60. The Morgan fingerprint density at radius 2 is 1.71 bits per heavy atom. The van der Waals surface area contributed by atoms with Gasteiger partial charge in [-0.1, -0.05) is 43.7 Å². The molecule has 2 N–H and O–H groups in total. The van der Waals surface area contributed by atoms with Gasteiger partial charge >= 0.3 is 0 Å². The molecule has 0 aromatic heterocycles. The summed E-state index contributed by atoms with van der Waals surface area (Å²) in [5, 5.41) is 21.8. The largest absolute Gasteiger partial charge is 0.390 e. The Bertz CT molecular complexity index is 1200. The highest BCUT2D eigenvalue weighted by Gasteiger charge is 2.56. The fraction of sp³-hybridized carbons (Fsp3) is 0.771. The highest BCUT2D eigenvalue weighted by molar-refractivity contribution is 7.92. The van der Waals surface area contributed by atoms with Crippen LogP contribution in [0.4, 0.5) is 0 Å². The lowest BCUT2D eigenvalue weighted by atomic mass is 9.51. The highest BCUT2D eigenvalue weighted by Crippen LogP contribution is 2.64. The second-order valence-electron chi connectivity index (χ2n) is 14.8. The van der Waals surface area contributed by atoms with Crippen LogP contribution < -0.4 is 0 Å². The minimum atomic E-state index is -3.55. The van der Waals surface area contributed by atoms with Crippen molar-refractivity contribution in [3.63, 3.8) is 0 Å². The summed E-state index contributed by atoms with van der Waals surface area (Å²) in [5.41, 5.74) is 0.341. The normalized spacial score (nSPS) is 39.2. The first-order valence-corrected chi connectivity index (χ1v) is 18.1. The third-order valence-corrected chi connectivity index (χ3v) is 15.0. The Morgan fingerprint density at radius 1 is 0.951 bits per heavy atom. The number of hydrogen-bond acceptors (Lipinski definition) is 5. The van der Waals surface area contributed by atoms with Crippen molar-refractivity contribution in [1.82, 2.24) is 0 Å². The summed E-state index contributed by atoms with van der Waals surface area (Å²) in [6.45, 7) is 5.63. The molecule has 0 amide bonds. The zero-order valence-electron chi connectivity index (χ0n) is 25.3. The Balaban J connectivity index is 1.18. The molecule has 1 aromatic rings. The third-order valence-electron chi connectivity index (χ3n) is 12.8. The van der Waals surface area contributed by atoms with Crippen molar-refractivity contribution in [2.24, 2.45) is 35.0 Å². The first kappa shape index (κ1) is 29.8. The minimum absolute atomic E-state index is 0.266. The smallest absolute Gasteiger partial charge is 0.181 e. The number of allylic oxidation sites excluding steroid dienone is 1. The lowest BCUT2D eigenvalue weighted by Crippen LogP contribution is -2.47. The molecule has 6 heteroatoms. The molecule has 0 spiro atoms. The van der Waals surface area contributed by atoms with Gasteiger partial charge in [0.2, 0.25) is 0 Å². The SMILES string of the molecule is CC[C@]1(O)CCC2C(=CCC3C2CCC2(C)C(CCC(CC4(O)CCOCC4)S(=O)(=O)c4ccccc4)CCC32)C1. The molecular formula is C35H52O5S. The standard InChI is InChI=1S/C35H52O5S/c1-3-34(36)18-16-29-25(23-34)9-13-31-30(29)15-17-33(2)26(11-14-32(31)33)10-12-28(24-35(37)19-21-40-22-20-35)41(38,39)27-7-5-4-6-8-27/h4-9,26,28-32,36-37H,3,10-24H2,1-2H3/t26?,28?,29?,30?,31?,32?,33?,34-/m0/s1. The predicted octanol–water partition coefficient (Wildman–Crippen LogP) is 6.87. The van der Waals surface area contributed by atoms with E-state index in [1.165, 1.54) is 25.7 Å². The average Bonchev–Trinajstić information content (AvgIpc) is 3.31. The molecule has 5 nitrogen and oxygen atoms in total. The van der Waals surface area contributed by atoms with E-state index in [1.807, 2.05) is 6.07 Å². The van der Waals surface area contributed by atoms with Gasteiger partial charge in [0.25, 0.3) is 0 Å². The number of benzene rings is 1. The van der Waals surface area contributed by atoms with E-state index in [0.29, 0.717) is 61.5 Å². The second kappa shape index (κ2) is 11.4.